The number of piperidine rings is 1. The Labute approximate surface area is 137 Å². The van der Waals surface area contributed by atoms with E-state index in [0.717, 1.165) is 0 Å². The van der Waals surface area contributed by atoms with Crippen LogP contribution in [0.4, 0.5) is 4.79 Å². The maximum absolute atomic E-state index is 12.5. The molecule has 8 heteroatoms. The highest BCUT2D eigenvalue weighted by Gasteiger charge is 2.28. The van der Waals surface area contributed by atoms with Crippen molar-refractivity contribution in [3.05, 3.63) is 22.1 Å². The number of carbonyl (C=O) groups is 1. The fourth-order valence-corrected chi connectivity index (χ4v) is 3.35. The summed E-state index contributed by atoms with van der Waals surface area (Å²) in [6.45, 7) is 6.69. The molecule has 0 aliphatic carbocycles. The Kier molecular flexibility index (Phi) is 4.09. The van der Waals surface area contributed by atoms with E-state index >= 15 is 0 Å². The minimum absolute atomic E-state index is 0.00712. The molecular formula is C15H20N4O3S. The molecule has 0 saturated carbocycles. The van der Waals surface area contributed by atoms with Crippen molar-refractivity contribution in [1.29, 1.82) is 0 Å². The molecule has 0 bridgehead atoms. The third kappa shape index (κ3) is 3.36. The van der Waals surface area contributed by atoms with Crippen molar-refractivity contribution in [2.45, 2.75) is 45.3 Å². The van der Waals surface area contributed by atoms with Crippen molar-refractivity contribution in [2.75, 3.05) is 13.1 Å². The first-order chi connectivity index (χ1) is 10.8. The zero-order valence-electron chi connectivity index (χ0n) is 13.5. The van der Waals surface area contributed by atoms with Crippen LogP contribution in [-0.4, -0.2) is 44.4 Å². The minimum Gasteiger partial charge on any atom is -0.444 e. The predicted octanol–water partition coefficient (Wildman–Crippen LogP) is 2.43. The van der Waals surface area contributed by atoms with Gasteiger partial charge in [0, 0.05) is 13.1 Å². The van der Waals surface area contributed by atoms with E-state index < -0.39 is 5.60 Å². The molecule has 0 spiro atoms. The average molecular weight is 336 g/mol. The average Bonchev–Trinajstić information content (AvgIpc) is 2.95. The Morgan fingerprint density at radius 2 is 2.04 bits per heavy atom. The number of likely N-dealkylation sites (tertiary alicyclic amines) is 1. The van der Waals surface area contributed by atoms with Crippen LogP contribution < -0.4 is 5.56 Å². The van der Waals surface area contributed by atoms with Crippen molar-refractivity contribution >= 4 is 27.6 Å². The second kappa shape index (κ2) is 5.92. The third-order valence-electron chi connectivity index (χ3n) is 3.76. The van der Waals surface area contributed by atoms with Crippen LogP contribution in [0.25, 0.3) is 10.2 Å². The number of aromatic nitrogens is 3. The summed E-state index contributed by atoms with van der Waals surface area (Å²) >= 11 is 1.33. The van der Waals surface area contributed by atoms with Gasteiger partial charge in [0.25, 0.3) is 5.56 Å². The Balaban J connectivity index is 1.70. The van der Waals surface area contributed by atoms with Gasteiger partial charge in [0.15, 0.2) is 0 Å². The summed E-state index contributed by atoms with van der Waals surface area (Å²) in [7, 11) is 0. The smallest absolute Gasteiger partial charge is 0.410 e. The Morgan fingerprint density at radius 1 is 1.35 bits per heavy atom. The van der Waals surface area contributed by atoms with E-state index in [4.69, 9.17) is 4.74 Å². The number of ether oxygens (including phenoxy) is 1. The fourth-order valence-electron chi connectivity index (χ4n) is 2.66. The van der Waals surface area contributed by atoms with Crippen LogP contribution >= 0.6 is 11.3 Å². The van der Waals surface area contributed by atoms with E-state index in [2.05, 4.69) is 10.1 Å². The van der Waals surface area contributed by atoms with Crippen LogP contribution in [0.5, 0.6) is 0 Å². The summed E-state index contributed by atoms with van der Waals surface area (Å²) in [6.07, 6.45) is 2.72. The predicted molar refractivity (Wildman–Crippen MR) is 87.8 cm³/mol. The minimum atomic E-state index is -0.496. The van der Waals surface area contributed by atoms with Crippen LogP contribution in [-0.2, 0) is 4.74 Å². The number of carbonyl (C=O) groups excluding carboxylic acids is 1. The summed E-state index contributed by atoms with van der Waals surface area (Å²) in [5.41, 5.74) is 1.70. The second-order valence-corrected chi connectivity index (χ2v) is 7.51. The lowest BCUT2D eigenvalue weighted by atomic mass is 10.1. The van der Waals surface area contributed by atoms with E-state index in [1.807, 2.05) is 20.8 Å². The highest BCUT2D eigenvalue weighted by molar-refractivity contribution is 7.16. The summed E-state index contributed by atoms with van der Waals surface area (Å²) in [5.74, 6) is 0. The van der Waals surface area contributed by atoms with E-state index in [-0.39, 0.29) is 17.7 Å². The van der Waals surface area contributed by atoms with Gasteiger partial charge < -0.3 is 9.64 Å². The number of amides is 1. The van der Waals surface area contributed by atoms with Gasteiger partial charge in [-0.2, -0.15) is 5.10 Å². The molecule has 124 valence electrons. The molecule has 1 aliphatic heterocycles. The van der Waals surface area contributed by atoms with Crippen molar-refractivity contribution in [1.82, 2.24) is 19.7 Å². The maximum atomic E-state index is 12.5. The first-order valence-electron chi connectivity index (χ1n) is 7.64. The van der Waals surface area contributed by atoms with Crippen LogP contribution in [0.1, 0.15) is 39.7 Å². The molecule has 0 atom stereocenters. The Bertz CT molecular complexity index is 769. The number of thiazole rings is 1. The third-order valence-corrected chi connectivity index (χ3v) is 4.59. The van der Waals surface area contributed by atoms with Crippen molar-refractivity contribution in [2.24, 2.45) is 0 Å². The number of rotatable bonds is 1. The topological polar surface area (TPSA) is 77.3 Å². The van der Waals surface area contributed by atoms with Gasteiger partial charge in [0.2, 0.25) is 0 Å². The Hall–Kier alpha value is -1.96. The van der Waals surface area contributed by atoms with E-state index in [1.165, 1.54) is 16.0 Å². The fraction of sp³-hybridized carbons (Fsp3) is 0.600. The van der Waals surface area contributed by atoms with Crippen LogP contribution in [0, 0.1) is 0 Å². The lowest BCUT2D eigenvalue weighted by Gasteiger charge is -2.33. The molecule has 1 saturated heterocycles. The molecular weight excluding hydrogens is 316 g/mol. The van der Waals surface area contributed by atoms with Gasteiger partial charge in [-0.25, -0.2) is 14.5 Å². The van der Waals surface area contributed by atoms with Gasteiger partial charge in [-0.3, -0.25) is 4.79 Å². The standard InChI is InChI=1S/C15H20N4O3S/c1-15(2,3)22-14(21)18-6-4-10(5-7-18)19-13(20)12-11(8-17-19)16-9-23-12/h8-10H,4-7H2,1-3H3. The van der Waals surface area contributed by atoms with E-state index in [0.29, 0.717) is 36.1 Å². The molecule has 23 heavy (non-hydrogen) atoms. The number of nitrogens with zero attached hydrogens (tertiary/aromatic N) is 4. The molecule has 1 aliphatic rings. The van der Waals surface area contributed by atoms with E-state index in [9.17, 15) is 9.59 Å². The first kappa shape index (κ1) is 15.9. The first-order valence-corrected chi connectivity index (χ1v) is 8.52. The quantitative estimate of drug-likeness (QED) is 0.799. The molecule has 3 heterocycles. The second-order valence-electron chi connectivity index (χ2n) is 6.66. The van der Waals surface area contributed by atoms with Gasteiger partial charge in [-0.05, 0) is 33.6 Å². The van der Waals surface area contributed by atoms with E-state index in [1.54, 1.807) is 16.6 Å². The number of hydrogen-bond donors (Lipinski definition) is 0. The zero-order valence-corrected chi connectivity index (χ0v) is 14.3. The molecule has 2 aromatic heterocycles. The summed E-state index contributed by atoms with van der Waals surface area (Å²) in [6, 6.07) is 0.00712. The van der Waals surface area contributed by atoms with Gasteiger partial charge in [0.05, 0.1) is 17.7 Å². The monoisotopic (exact) mass is 336 g/mol. The molecule has 1 fully saturated rings. The molecule has 0 radical (unpaired) electrons. The lowest BCUT2D eigenvalue weighted by molar-refractivity contribution is 0.0183. The van der Waals surface area contributed by atoms with Crippen LogP contribution in [0.2, 0.25) is 0 Å². The normalized spacial score (nSPS) is 16.7. The number of fused-ring (bicyclic) bond motifs is 1. The highest BCUT2D eigenvalue weighted by Crippen LogP contribution is 2.23. The molecule has 7 nitrogen and oxygen atoms in total. The highest BCUT2D eigenvalue weighted by atomic mass is 32.1. The Morgan fingerprint density at radius 3 is 2.70 bits per heavy atom. The lowest BCUT2D eigenvalue weighted by Crippen LogP contribution is -2.43. The maximum Gasteiger partial charge on any atom is 0.410 e. The SMILES string of the molecule is CC(C)(C)OC(=O)N1CCC(n2ncc3ncsc3c2=O)CC1. The van der Waals surface area contributed by atoms with Crippen molar-refractivity contribution in [3.63, 3.8) is 0 Å². The molecule has 2 aromatic rings. The van der Waals surface area contributed by atoms with Crippen LogP contribution in [0.3, 0.4) is 0 Å². The molecule has 0 aromatic carbocycles. The van der Waals surface area contributed by atoms with Crippen molar-refractivity contribution < 1.29 is 9.53 Å². The summed E-state index contributed by atoms with van der Waals surface area (Å²) in [5, 5.41) is 4.25. The number of hydrogen-bond acceptors (Lipinski definition) is 6. The molecule has 1 amide bonds. The summed E-state index contributed by atoms with van der Waals surface area (Å²) in [4.78, 5) is 30.3. The van der Waals surface area contributed by atoms with Crippen molar-refractivity contribution in [3.8, 4) is 0 Å². The van der Waals surface area contributed by atoms with Gasteiger partial charge >= 0.3 is 6.09 Å². The van der Waals surface area contributed by atoms with Gasteiger partial charge in [-0.1, -0.05) is 0 Å². The van der Waals surface area contributed by atoms with Gasteiger partial charge in [-0.15, -0.1) is 11.3 Å². The zero-order chi connectivity index (χ0) is 16.6. The molecule has 3 rings (SSSR count). The van der Waals surface area contributed by atoms with Crippen LogP contribution in [0.15, 0.2) is 16.5 Å². The molecule has 0 N–H and O–H groups in total. The summed E-state index contributed by atoms with van der Waals surface area (Å²) < 4.78 is 7.55. The largest absolute Gasteiger partial charge is 0.444 e. The van der Waals surface area contributed by atoms with Gasteiger partial charge in [0.1, 0.15) is 15.8 Å². The molecule has 0 unspecified atom stereocenters.